The highest BCUT2D eigenvalue weighted by Crippen LogP contribution is 2.32. The lowest BCUT2D eigenvalue weighted by Crippen LogP contribution is -2.53. The molecule has 4 amide bonds. The number of nitrogens with zero attached hydrogens (tertiary/aromatic N) is 3. The first-order valence-corrected chi connectivity index (χ1v) is 20.6. The molecule has 0 saturated carbocycles. The van der Waals surface area contributed by atoms with Crippen molar-refractivity contribution in [2.75, 3.05) is 19.7 Å². The van der Waals surface area contributed by atoms with Crippen molar-refractivity contribution in [1.29, 1.82) is 0 Å². The molecule has 2 aromatic carbocycles. The molecule has 14 nitrogen and oxygen atoms in total. The van der Waals surface area contributed by atoms with Gasteiger partial charge in [0.15, 0.2) is 0 Å². The summed E-state index contributed by atoms with van der Waals surface area (Å²) in [4.78, 5) is 71.4. The first-order valence-electron chi connectivity index (χ1n) is 20.6. The maximum Gasteiger partial charge on any atom is 0.416 e. The summed E-state index contributed by atoms with van der Waals surface area (Å²) in [5, 5.41) is 21.9. The van der Waals surface area contributed by atoms with Gasteiger partial charge in [0.05, 0.1) is 36.3 Å². The number of benzene rings is 2. The molecule has 0 aromatic heterocycles. The summed E-state index contributed by atoms with van der Waals surface area (Å²) in [7, 11) is 0. The van der Waals surface area contributed by atoms with Gasteiger partial charge < -0.3 is 34.2 Å². The van der Waals surface area contributed by atoms with Crippen LogP contribution in [0, 0.1) is 35.1 Å². The summed E-state index contributed by atoms with van der Waals surface area (Å²) in [5.74, 6) is -4.98. The molecule has 3 aliphatic rings. The predicted octanol–water partition coefficient (Wildman–Crippen LogP) is 6.96. The molecule has 62 heavy (non-hydrogen) atoms. The van der Waals surface area contributed by atoms with Crippen LogP contribution in [-0.2, 0) is 41.4 Å². The quantitative estimate of drug-likeness (QED) is 0.186. The number of cyclic esters (lactones) is 1. The van der Waals surface area contributed by atoms with Crippen LogP contribution in [0.1, 0.15) is 98.6 Å². The lowest BCUT2D eigenvalue weighted by Gasteiger charge is -2.35. The number of aryl methyl sites for hydroxylation is 1. The molecular weight excluding hydrogens is 822 g/mol. The second-order valence-corrected chi connectivity index (χ2v) is 17.9. The van der Waals surface area contributed by atoms with Crippen LogP contribution in [0.4, 0.5) is 31.9 Å². The van der Waals surface area contributed by atoms with E-state index in [-0.39, 0.29) is 36.7 Å². The van der Waals surface area contributed by atoms with Crippen LogP contribution in [0.5, 0.6) is 0 Å². The lowest BCUT2D eigenvalue weighted by molar-refractivity contribution is -0.191. The Morgan fingerprint density at radius 2 is 1.19 bits per heavy atom. The molecule has 0 unspecified atom stereocenters. The van der Waals surface area contributed by atoms with Crippen LogP contribution in [0.25, 0.3) is 0 Å². The van der Waals surface area contributed by atoms with Crippen molar-refractivity contribution in [2.24, 2.45) is 11.8 Å². The van der Waals surface area contributed by atoms with E-state index in [4.69, 9.17) is 23.8 Å². The fourth-order valence-electron chi connectivity index (χ4n) is 7.66. The maximum absolute atomic E-state index is 13.9. The molecule has 2 N–H and O–H groups in total. The molecule has 3 aliphatic heterocycles. The lowest BCUT2D eigenvalue weighted by atomic mass is 9.87. The van der Waals surface area contributed by atoms with Crippen molar-refractivity contribution < 1.29 is 70.8 Å². The van der Waals surface area contributed by atoms with Crippen molar-refractivity contribution in [3.05, 3.63) is 70.8 Å². The fourth-order valence-corrected chi connectivity index (χ4v) is 7.66. The second-order valence-electron chi connectivity index (χ2n) is 17.9. The molecule has 5 rings (SSSR count). The zero-order valence-corrected chi connectivity index (χ0v) is 36.5. The van der Waals surface area contributed by atoms with E-state index in [0.29, 0.717) is 56.8 Å². The third-order valence-electron chi connectivity index (χ3n) is 10.4. The fraction of sp³-hybridized carbons (Fsp3) is 0.614. The normalized spacial score (nSPS) is 20.3. The van der Waals surface area contributed by atoms with Crippen molar-refractivity contribution in [1.82, 2.24) is 14.7 Å². The Bertz CT molecular complexity index is 1860. The number of halogens is 4. The highest BCUT2D eigenvalue weighted by molar-refractivity contribution is 5.95. The summed E-state index contributed by atoms with van der Waals surface area (Å²) in [6.07, 6.45) is -0.889. The van der Waals surface area contributed by atoms with E-state index in [1.807, 2.05) is 13.8 Å². The van der Waals surface area contributed by atoms with E-state index in [2.05, 4.69) is 0 Å². The minimum atomic E-state index is -1.41. The van der Waals surface area contributed by atoms with Crippen LogP contribution < -0.4 is 0 Å². The van der Waals surface area contributed by atoms with Gasteiger partial charge in [-0.1, -0.05) is 13.8 Å². The van der Waals surface area contributed by atoms with Gasteiger partial charge in [-0.3, -0.25) is 4.79 Å². The molecular formula is C44H59F4N3O11. The highest BCUT2D eigenvalue weighted by atomic mass is 19.1. The van der Waals surface area contributed by atoms with Gasteiger partial charge in [-0.05, 0) is 128 Å². The number of carbonyl (C=O) groups excluding carboxylic acids is 6. The molecule has 3 heterocycles. The molecule has 6 atom stereocenters. The van der Waals surface area contributed by atoms with E-state index in [1.165, 1.54) is 17.0 Å². The van der Waals surface area contributed by atoms with Crippen LogP contribution >= 0.6 is 0 Å². The van der Waals surface area contributed by atoms with Gasteiger partial charge in [0.1, 0.15) is 41.1 Å². The highest BCUT2D eigenvalue weighted by Gasteiger charge is 2.48. The van der Waals surface area contributed by atoms with E-state index in [0.717, 1.165) is 29.5 Å². The van der Waals surface area contributed by atoms with Gasteiger partial charge in [0.25, 0.3) is 0 Å². The number of imide groups is 1. The zero-order valence-electron chi connectivity index (χ0n) is 36.5. The molecule has 0 spiro atoms. The average Bonchev–Trinajstić information content (AvgIpc) is 3.91. The number of aliphatic hydroxyl groups excluding tert-OH is 2. The standard InChI is InChI=1S/C25H34F2N2O6.C18H25F2NO3.CO2/c1-14(2)20-13-34-24(33)29(20)22(31)18(11-15-9-16(26)12-17(27)10-15)21(30)19-7-6-8-28(19)23(32)35-25(3,4)5;1-18(2,3)24-17(23)21-8-4-5-15(21)16(22)7-6-12-9-13(19)11-14(20)10-12;2-1-3/h9-10,12,14,18-21,30H,6-8,11,13H2,1-5H3;9-11,15-16,22H,4-8H2,1-3H3;/t18-,19+,20+,21-;15-,16+;/m01./s1. The smallest absolute Gasteiger partial charge is 0.416 e. The number of hydrogen-bond acceptors (Lipinski definition) is 11. The van der Waals surface area contributed by atoms with E-state index >= 15 is 0 Å². The Morgan fingerprint density at radius 1 is 0.758 bits per heavy atom. The summed E-state index contributed by atoms with van der Waals surface area (Å²) in [5.41, 5.74) is -0.703. The summed E-state index contributed by atoms with van der Waals surface area (Å²) < 4.78 is 70.1. The molecule has 2 aromatic rings. The van der Waals surface area contributed by atoms with Crippen LogP contribution in [0.2, 0.25) is 0 Å². The van der Waals surface area contributed by atoms with Crippen molar-refractivity contribution in [2.45, 2.75) is 142 Å². The molecule has 3 saturated heterocycles. The van der Waals surface area contributed by atoms with Gasteiger partial charge in [-0.2, -0.15) is 9.59 Å². The number of hydrogen-bond donors (Lipinski definition) is 2. The molecule has 18 heteroatoms. The van der Waals surface area contributed by atoms with Gasteiger partial charge >= 0.3 is 24.4 Å². The predicted molar refractivity (Wildman–Crippen MR) is 214 cm³/mol. The molecule has 344 valence electrons. The molecule has 0 bridgehead atoms. The topological polar surface area (TPSA) is 180 Å². The Morgan fingerprint density at radius 3 is 1.65 bits per heavy atom. The average molecular weight is 882 g/mol. The summed E-state index contributed by atoms with van der Waals surface area (Å²) in [6, 6.07) is 4.58. The van der Waals surface area contributed by atoms with Crippen molar-refractivity contribution in [3.63, 3.8) is 0 Å². The minimum absolute atomic E-state index is 0.0209. The second kappa shape index (κ2) is 22.3. The van der Waals surface area contributed by atoms with Crippen LogP contribution in [-0.4, -0.2) is 116 Å². The third-order valence-corrected chi connectivity index (χ3v) is 10.4. The number of rotatable bonds is 10. The van der Waals surface area contributed by atoms with E-state index in [9.17, 15) is 47.0 Å². The number of aliphatic hydroxyl groups is 2. The van der Waals surface area contributed by atoms with Crippen LogP contribution in [0.3, 0.4) is 0 Å². The first kappa shape index (κ1) is 51.3. The summed E-state index contributed by atoms with van der Waals surface area (Å²) in [6.45, 7) is 15.1. The number of amides is 4. The summed E-state index contributed by atoms with van der Waals surface area (Å²) >= 11 is 0. The maximum atomic E-state index is 13.9. The van der Waals surface area contributed by atoms with Crippen LogP contribution in [0.15, 0.2) is 36.4 Å². The molecule has 0 aliphatic carbocycles. The number of ether oxygens (including phenoxy) is 3. The van der Waals surface area contributed by atoms with Gasteiger partial charge in [-0.15, -0.1) is 0 Å². The third kappa shape index (κ3) is 15.1. The van der Waals surface area contributed by atoms with Gasteiger partial charge in [0, 0.05) is 25.2 Å². The molecule has 3 fully saturated rings. The van der Waals surface area contributed by atoms with Gasteiger partial charge in [0.2, 0.25) is 5.91 Å². The zero-order chi connectivity index (χ0) is 46.7. The largest absolute Gasteiger partial charge is 0.447 e. The Balaban J connectivity index is 0.000000330. The molecule has 0 radical (unpaired) electrons. The Labute approximate surface area is 359 Å². The van der Waals surface area contributed by atoms with E-state index < -0.39 is 88.9 Å². The Hall–Kier alpha value is -5.06. The van der Waals surface area contributed by atoms with Gasteiger partial charge in [-0.25, -0.2) is 36.8 Å². The van der Waals surface area contributed by atoms with Crippen molar-refractivity contribution in [3.8, 4) is 0 Å². The SMILES string of the molecule is CC(C)(C)OC(=O)N1CCC[C@@H]1[C@@H](O)CCc1cc(F)cc(F)c1.CC(C)[C@H]1COC(=O)N1C(=O)[C@@H](Cc1cc(F)cc(F)c1)[C@H](O)[C@H]1CCCN1C(=O)OC(C)(C)C.O=C=O. The van der Waals surface area contributed by atoms with Crippen molar-refractivity contribution >= 4 is 30.3 Å². The number of carbonyl (C=O) groups is 4. The first-order chi connectivity index (χ1) is 28.8. The monoisotopic (exact) mass is 881 g/mol. The minimum Gasteiger partial charge on any atom is -0.447 e. The number of likely N-dealkylation sites (tertiary alicyclic amines) is 2. The Kier molecular flexibility index (Phi) is 18.5. The van der Waals surface area contributed by atoms with E-state index in [1.54, 1.807) is 46.4 Å².